The van der Waals surface area contributed by atoms with E-state index in [9.17, 15) is 9.59 Å². The van der Waals surface area contributed by atoms with Gasteiger partial charge in [0.2, 0.25) is 5.91 Å². The van der Waals surface area contributed by atoms with Crippen molar-refractivity contribution in [3.8, 4) is 0 Å². The van der Waals surface area contributed by atoms with E-state index < -0.39 is 12.0 Å². The average Bonchev–Trinajstić information content (AvgIpc) is 2.81. The minimum absolute atomic E-state index is 0.0543. The normalized spacial score (nSPS) is 11.8. The smallest absolute Gasteiger partial charge is 0.326 e. The SMILES string of the molecule is C=CCNCC(=O)N[C@@H](Cc1cnc[nH]1)C(=O)O. The van der Waals surface area contributed by atoms with E-state index in [2.05, 4.69) is 27.2 Å². The zero-order valence-corrected chi connectivity index (χ0v) is 9.85. The molecule has 0 aliphatic carbocycles. The number of nitrogens with zero attached hydrogens (tertiary/aromatic N) is 1. The second-order valence-electron chi connectivity index (χ2n) is 3.66. The molecule has 98 valence electrons. The van der Waals surface area contributed by atoms with Gasteiger partial charge in [-0.05, 0) is 0 Å². The maximum atomic E-state index is 11.5. The molecule has 0 unspecified atom stereocenters. The molecule has 0 aromatic carbocycles. The summed E-state index contributed by atoms with van der Waals surface area (Å²) in [5.74, 6) is -1.45. The molecule has 1 heterocycles. The van der Waals surface area contributed by atoms with Crippen molar-refractivity contribution in [3.63, 3.8) is 0 Å². The number of aliphatic carboxylic acids is 1. The van der Waals surface area contributed by atoms with Gasteiger partial charge in [0.25, 0.3) is 0 Å². The van der Waals surface area contributed by atoms with Crippen LogP contribution >= 0.6 is 0 Å². The Balaban J connectivity index is 2.45. The maximum absolute atomic E-state index is 11.5. The number of hydrogen-bond acceptors (Lipinski definition) is 4. The summed E-state index contributed by atoms with van der Waals surface area (Å²) in [6, 6.07) is -0.969. The third kappa shape index (κ3) is 4.79. The van der Waals surface area contributed by atoms with E-state index in [4.69, 9.17) is 5.11 Å². The Hall–Kier alpha value is -2.15. The van der Waals surface area contributed by atoms with Crippen LogP contribution in [0, 0.1) is 0 Å². The molecular formula is C11H16N4O3. The molecule has 0 spiro atoms. The zero-order chi connectivity index (χ0) is 13.4. The number of carbonyl (C=O) groups excluding carboxylic acids is 1. The highest BCUT2D eigenvalue weighted by atomic mass is 16.4. The Bertz CT molecular complexity index is 402. The molecule has 0 saturated heterocycles. The highest BCUT2D eigenvalue weighted by Crippen LogP contribution is 1.98. The largest absolute Gasteiger partial charge is 0.480 e. The Morgan fingerprint density at radius 3 is 2.94 bits per heavy atom. The predicted molar refractivity (Wildman–Crippen MR) is 64.9 cm³/mol. The minimum Gasteiger partial charge on any atom is -0.480 e. The topological polar surface area (TPSA) is 107 Å². The summed E-state index contributed by atoms with van der Waals surface area (Å²) in [4.78, 5) is 29.1. The monoisotopic (exact) mass is 252 g/mol. The summed E-state index contributed by atoms with van der Waals surface area (Å²) in [5.41, 5.74) is 0.654. The number of carboxylic acid groups (broad SMARTS) is 1. The molecule has 7 heteroatoms. The van der Waals surface area contributed by atoms with Crippen molar-refractivity contribution >= 4 is 11.9 Å². The molecule has 1 rings (SSSR count). The number of carbonyl (C=O) groups is 2. The van der Waals surface area contributed by atoms with Crippen LogP contribution < -0.4 is 10.6 Å². The van der Waals surface area contributed by atoms with E-state index in [0.29, 0.717) is 12.2 Å². The van der Waals surface area contributed by atoms with Crippen LogP contribution in [-0.4, -0.2) is 46.1 Å². The summed E-state index contributed by atoms with van der Waals surface area (Å²) >= 11 is 0. The van der Waals surface area contributed by atoms with Crippen LogP contribution in [0.4, 0.5) is 0 Å². The first-order valence-electron chi connectivity index (χ1n) is 5.44. The number of aromatic amines is 1. The molecule has 0 radical (unpaired) electrons. The van der Waals surface area contributed by atoms with Gasteiger partial charge in [0, 0.05) is 24.9 Å². The third-order valence-electron chi connectivity index (χ3n) is 2.19. The molecule has 0 saturated carbocycles. The van der Waals surface area contributed by atoms with E-state index in [1.807, 2.05) is 0 Å². The molecule has 0 aliphatic rings. The predicted octanol–water partition coefficient (Wildman–Crippen LogP) is -0.703. The van der Waals surface area contributed by atoms with E-state index in [1.54, 1.807) is 6.08 Å². The summed E-state index contributed by atoms with van der Waals surface area (Å²) in [6.45, 7) is 4.04. The first-order valence-corrected chi connectivity index (χ1v) is 5.44. The van der Waals surface area contributed by atoms with Gasteiger partial charge in [0.15, 0.2) is 0 Å². The molecule has 1 aromatic heterocycles. The van der Waals surface area contributed by atoms with Crippen molar-refractivity contribution in [3.05, 3.63) is 30.9 Å². The Labute approximate surface area is 104 Å². The van der Waals surface area contributed by atoms with Gasteiger partial charge in [0.05, 0.1) is 12.9 Å². The summed E-state index contributed by atoms with van der Waals surface area (Å²) in [6.07, 6.45) is 4.77. The highest BCUT2D eigenvalue weighted by molar-refractivity contribution is 5.84. The van der Waals surface area contributed by atoms with Crippen LogP contribution in [0.25, 0.3) is 0 Å². The van der Waals surface area contributed by atoms with Gasteiger partial charge >= 0.3 is 5.97 Å². The lowest BCUT2D eigenvalue weighted by Gasteiger charge is -2.13. The molecule has 4 N–H and O–H groups in total. The van der Waals surface area contributed by atoms with Gasteiger partial charge in [-0.2, -0.15) is 0 Å². The van der Waals surface area contributed by atoms with Crippen LogP contribution in [-0.2, 0) is 16.0 Å². The van der Waals surface area contributed by atoms with Crippen LogP contribution in [0.2, 0.25) is 0 Å². The Morgan fingerprint density at radius 1 is 1.61 bits per heavy atom. The van der Waals surface area contributed by atoms with Crippen molar-refractivity contribution in [1.82, 2.24) is 20.6 Å². The molecule has 1 aromatic rings. The van der Waals surface area contributed by atoms with E-state index >= 15 is 0 Å². The molecule has 0 aliphatic heterocycles. The first-order chi connectivity index (χ1) is 8.63. The molecular weight excluding hydrogens is 236 g/mol. The summed E-state index contributed by atoms with van der Waals surface area (Å²) < 4.78 is 0. The van der Waals surface area contributed by atoms with Crippen LogP contribution in [0.1, 0.15) is 5.69 Å². The molecule has 18 heavy (non-hydrogen) atoms. The molecule has 7 nitrogen and oxygen atoms in total. The minimum atomic E-state index is -1.08. The highest BCUT2D eigenvalue weighted by Gasteiger charge is 2.20. The number of rotatable bonds is 8. The second kappa shape index (κ2) is 7.23. The van der Waals surface area contributed by atoms with E-state index in [1.165, 1.54) is 12.5 Å². The van der Waals surface area contributed by atoms with E-state index in [0.717, 1.165) is 0 Å². The number of nitrogens with one attached hydrogen (secondary N) is 3. The van der Waals surface area contributed by atoms with Gasteiger partial charge in [0.1, 0.15) is 6.04 Å². The number of amides is 1. The van der Waals surface area contributed by atoms with Crippen molar-refractivity contribution in [2.75, 3.05) is 13.1 Å². The average molecular weight is 252 g/mol. The lowest BCUT2D eigenvalue weighted by molar-refractivity contribution is -0.141. The van der Waals surface area contributed by atoms with Crippen molar-refractivity contribution in [1.29, 1.82) is 0 Å². The van der Waals surface area contributed by atoms with Gasteiger partial charge in [-0.3, -0.25) is 4.79 Å². The molecule has 1 atom stereocenters. The summed E-state index contributed by atoms with van der Waals surface area (Å²) in [5, 5.41) is 14.2. The Kier molecular flexibility index (Phi) is 5.59. The summed E-state index contributed by atoms with van der Waals surface area (Å²) in [7, 11) is 0. The fraction of sp³-hybridized carbons (Fsp3) is 0.364. The van der Waals surface area contributed by atoms with Gasteiger partial charge in [-0.25, -0.2) is 9.78 Å². The van der Waals surface area contributed by atoms with Crippen LogP contribution in [0.3, 0.4) is 0 Å². The number of H-pyrrole nitrogens is 1. The van der Waals surface area contributed by atoms with Crippen LogP contribution in [0.15, 0.2) is 25.2 Å². The second-order valence-corrected chi connectivity index (χ2v) is 3.66. The first kappa shape index (κ1) is 13.9. The molecule has 0 fully saturated rings. The van der Waals surface area contributed by atoms with Gasteiger partial charge in [-0.15, -0.1) is 6.58 Å². The van der Waals surface area contributed by atoms with Gasteiger partial charge < -0.3 is 20.7 Å². The van der Waals surface area contributed by atoms with Gasteiger partial charge in [-0.1, -0.05) is 6.08 Å². The lowest BCUT2D eigenvalue weighted by Crippen LogP contribution is -2.45. The zero-order valence-electron chi connectivity index (χ0n) is 9.85. The number of carboxylic acids is 1. The molecule has 1 amide bonds. The quantitative estimate of drug-likeness (QED) is 0.361. The van der Waals surface area contributed by atoms with Crippen LogP contribution in [0.5, 0.6) is 0 Å². The molecule has 0 bridgehead atoms. The van der Waals surface area contributed by atoms with E-state index in [-0.39, 0.29) is 18.9 Å². The van der Waals surface area contributed by atoms with Crippen molar-refractivity contribution in [2.45, 2.75) is 12.5 Å². The number of aromatic nitrogens is 2. The third-order valence-corrected chi connectivity index (χ3v) is 2.19. The standard InChI is InChI=1S/C11H16N4O3/c1-2-3-12-6-10(16)15-9(11(17)18)4-8-5-13-7-14-8/h2,5,7,9,12H,1,3-4,6H2,(H,13,14)(H,15,16)(H,17,18)/t9-/m0/s1. The fourth-order valence-corrected chi connectivity index (χ4v) is 1.35. The number of imidazole rings is 1. The fourth-order valence-electron chi connectivity index (χ4n) is 1.35. The number of hydrogen-bond donors (Lipinski definition) is 4. The Morgan fingerprint density at radius 2 is 2.39 bits per heavy atom. The van der Waals surface area contributed by atoms with Crippen molar-refractivity contribution in [2.24, 2.45) is 0 Å². The maximum Gasteiger partial charge on any atom is 0.326 e. The van der Waals surface area contributed by atoms with Crippen molar-refractivity contribution < 1.29 is 14.7 Å². The lowest BCUT2D eigenvalue weighted by atomic mass is 10.1.